The number of hydrogen-bond donors (Lipinski definition) is 2. The molecule has 0 saturated heterocycles. The number of rotatable bonds is 10. The van der Waals surface area contributed by atoms with Crippen LogP contribution in [0.15, 0.2) is 9.59 Å². The molecule has 2 atom stereocenters. The summed E-state index contributed by atoms with van der Waals surface area (Å²) < 4.78 is 7.64. The van der Waals surface area contributed by atoms with Gasteiger partial charge in [0.25, 0.3) is 5.56 Å². The number of carbonyl (C=O) groups excluding carboxylic acids is 2. The number of hydrogen-bond acceptors (Lipinski definition) is 6. The number of aryl methyl sites for hydroxylation is 1. The second kappa shape index (κ2) is 9.64. The van der Waals surface area contributed by atoms with Gasteiger partial charge in [-0.3, -0.25) is 23.7 Å². The fraction of sp³-hybridized carbons (Fsp3) is 0.632. The lowest BCUT2D eigenvalue weighted by Crippen LogP contribution is -3.10. The Hall–Kier alpha value is -2.75. The summed E-state index contributed by atoms with van der Waals surface area (Å²) in [5.41, 5.74) is -1.15. The van der Waals surface area contributed by atoms with E-state index >= 15 is 0 Å². The summed E-state index contributed by atoms with van der Waals surface area (Å²) in [6.07, 6.45) is 2.05. The lowest BCUT2D eigenvalue weighted by atomic mass is 10.2. The maximum atomic E-state index is 12.6. The predicted octanol–water partition coefficient (Wildman–Crippen LogP) is -0.679. The average Bonchev–Trinajstić information content (AvgIpc) is 3.02. The van der Waals surface area contributed by atoms with Gasteiger partial charge in [0, 0.05) is 7.05 Å². The molecule has 0 radical (unpaired) electrons. The fourth-order valence-corrected chi connectivity index (χ4v) is 3.36. The minimum Gasteiger partial charge on any atom is -0.464 e. The number of unbranched alkanes of at least 4 members (excludes halogenated alkanes) is 1. The van der Waals surface area contributed by atoms with Crippen molar-refractivity contribution in [2.75, 3.05) is 19.7 Å². The van der Waals surface area contributed by atoms with Gasteiger partial charge in [-0.1, -0.05) is 13.3 Å². The number of Topliss-reactive ketones (excluding diaryl/α,β-unsaturated/α-hetero) is 1. The number of aromatic amines is 1. The molecular weight excluding hydrogens is 378 g/mol. The van der Waals surface area contributed by atoms with E-state index in [-0.39, 0.29) is 17.8 Å². The number of ether oxygens (including phenoxy) is 1. The van der Waals surface area contributed by atoms with Crippen molar-refractivity contribution in [2.45, 2.75) is 53.1 Å². The quantitative estimate of drug-likeness (QED) is 0.397. The van der Waals surface area contributed by atoms with Crippen LogP contribution in [0.5, 0.6) is 0 Å². The third-order valence-electron chi connectivity index (χ3n) is 4.97. The van der Waals surface area contributed by atoms with Crippen LogP contribution in [0.2, 0.25) is 0 Å². The standard InChI is InChI=1S/C19H29N5O5/c1-6-9-10-23(7-2)11-13-20-16-15(17(26)21-19(28)22(16)5)24(13)14(12(4)25)18(27)29-8-3/h14H,6-11H2,1-5H3,(H,21,26,28)/p+1/t14-/m1/s1. The highest BCUT2D eigenvalue weighted by molar-refractivity contribution is 6.01. The second-order valence-corrected chi connectivity index (χ2v) is 7.04. The number of fused-ring (bicyclic) bond motifs is 1. The number of nitrogens with one attached hydrogen (secondary N) is 2. The van der Waals surface area contributed by atoms with E-state index in [4.69, 9.17) is 4.74 Å². The van der Waals surface area contributed by atoms with Crippen LogP contribution < -0.4 is 16.1 Å². The normalized spacial score (nSPS) is 13.4. The van der Waals surface area contributed by atoms with E-state index in [1.807, 2.05) is 6.92 Å². The molecule has 2 aromatic rings. The average molecular weight is 408 g/mol. The minimum atomic E-state index is -1.34. The maximum Gasteiger partial charge on any atom is 0.336 e. The van der Waals surface area contributed by atoms with E-state index in [0.717, 1.165) is 25.9 Å². The van der Waals surface area contributed by atoms with Crippen LogP contribution in [0, 0.1) is 0 Å². The molecule has 1 unspecified atom stereocenters. The molecule has 0 bridgehead atoms. The van der Waals surface area contributed by atoms with E-state index in [1.165, 1.54) is 28.0 Å². The Bertz CT molecular complexity index is 1000. The summed E-state index contributed by atoms with van der Waals surface area (Å²) in [5.74, 6) is -0.822. The number of imidazole rings is 1. The van der Waals surface area contributed by atoms with Gasteiger partial charge in [0.05, 0.1) is 19.7 Å². The Morgan fingerprint density at radius 3 is 2.48 bits per heavy atom. The molecule has 0 aliphatic carbocycles. The summed E-state index contributed by atoms with van der Waals surface area (Å²) in [6.45, 7) is 9.25. The van der Waals surface area contributed by atoms with Gasteiger partial charge >= 0.3 is 11.7 Å². The first-order chi connectivity index (χ1) is 13.8. The monoisotopic (exact) mass is 408 g/mol. The van der Waals surface area contributed by atoms with Crippen molar-refractivity contribution in [3.05, 3.63) is 26.7 Å². The Morgan fingerprint density at radius 2 is 1.93 bits per heavy atom. The number of quaternary nitrogens is 1. The van der Waals surface area contributed by atoms with Crippen molar-refractivity contribution >= 4 is 22.9 Å². The van der Waals surface area contributed by atoms with Crippen molar-refractivity contribution < 1.29 is 19.2 Å². The zero-order valence-electron chi connectivity index (χ0n) is 17.7. The number of ketones is 1. The Kier molecular flexibility index (Phi) is 7.49. The second-order valence-electron chi connectivity index (χ2n) is 7.04. The summed E-state index contributed by atoms with van der Waals surface area (Å²) in [7, 11) is 1.48. The molecule has 0 aromatic carbocycles. The zero-order chi connectivity index (χ0) is 21.7. The predicted molar refractivity (Wildman–Crippen MR) is 107 cm³/mol. The van der Waals surface area contributed by atoms with Crippen molar-refractivity contribution in [3.8, 4) is 0 Å². The minimum absolute atomic E-state index is 0.0151. The van der Waals surface area contributed by atoms with Gasteiger partial charge in [0.2, 0.25) is 0 Å². The first kappa shape index (κ1) is 22.5. The van der Waals surface area contributed by atoms with Crippen LogP contribution in [0.25, 0.3) is 11.2 Å². The van der Waals surface area contributed by atoms with E-state index in [1.54, 1.807) is 6.92 Å². The lowest BCUT2D eigenvalue weighted by Gasteiger charge is -2.20. The third-order valence-corrected chi connectivity index (χ3v) is 4.97. The van der Waals surface area contributed by atoms with Crippen LogP contribution >= 0.6 is 0 Å². The van der Waals surface area contributed by atoms with Gasteiger partial charge in [0.1, 0.15) is 6.54 Å². The zero-order valence-corrected chi connectivity index (χ0v) is 17.7. The summed E-state index contributed by atoms with van der Waals surface area (Å²) in [5, 5.41) is 0. The molecule has 10 heteroatoms. The lowest BCUT2D eigenvalue weighted by molar-refractivity contribution is -0.913. The molecule has 2 heterocycles. The smallest absolute Gasteiger partial charge is 0.336 e. The van der Waals surface area contributed by atoms with Gasteiger partial charge in [-0.15, -0.1) is 0 Å². The van der Waals surface area contributed by atoms with Crippen LogP contribution in [-0.2, 0) is 27.9 Å². The molecule has 29 heavy (non-hydrogen) atoms. The maximum absolute atomic E-state index is 12.6. The SMILES string of the molecule is CCCC[NH+](CC)Cc1nc2c(c(=O)[nH]c(=O)n2C)n1[C@H](C(C)=O)C(=O)OCC. The highest BCUT2D eigenvalue weighted by atomic mass is 16.5. The van der Waals surface area contributed by atoms with Crippen LogP contribution in [-0.4, -0.2) is 50.6 Å². The molecule has 2 aromatic heterocycles. The molecule has 0 spiro atoms. The van der Waals surface area contributed by atoms with Crippen LogP contribution in [0.1, 0.15) is 52.4 Å². The fourth-order valence-electron chi connectivity index (χ4n) is 3.36. The Balaban J connectivity index is 2.76. The molecule has 2 N–H and O–H groups in total. The van der Waals surface area contributed by atoms with Crippen molar-refractivity contribution in [1.29, 1.82) is 0 Å². The molecule has 0 aliphatic rings. The van der Waals surface area contributed by atoms with Crippen molar-refractivity contribution in [3.63, 3.8) is 0 Å². The van der Waals surface area contributed by atoms with E-state index < -0.39 is 29.0 Å². The number of carbonyl (C=O) groups is 2. The Morgan fingerprint density at radius 1 is 1.24 bits per heavy atom. The summed E-state index contributed by atoms with van der Waals surface area (Å²) in [6, 6.07) is -1.34. The van der Waals surface area contributed by atoms with Gasteiger partial charge in [-0.05, 0) is 27.2 Å². The molecule has 0 fully saturated rings. The molecule has 0 aliphatic heterocycles. The van der Waals surface area contributed by atoms with E-state index in [9.17, 15) is 19.2 Å². The number of aromatic nitrogens is 4. The number of nitrogens with zero attached hydrogens (tertiary/aromatic N) is 3. The Labute approximate surface area is 168 Å². The van der Waals surface area contributed by atoms with Gasteiger partial charge in [-0.25, -0.2) is 14.6 Å². The highest BCUT2D eigenvalue weighted by Gasteiger charge is 2.33. The molecule has 0 saturated carbocycles. The first-order valence-corrected chi connectivity index (χ1v) is 9.97. The molecule has 0 amide bonds. The van der Waals surface area contributed by atoms with E-state index in [2.05, 4.69) is 16.9 Å². The summed E-state index contributed by atoms with van der Waals surface area (Å²) in [4.78, 5) is 57.6. The molecule has 2 rings (SSSR count). The van der Waals surface area contributed by atoms with Crippen molar-refractivity contribution in [1.82, 2.24) is 19.1 Å². The third kappa shape index (κ3) is 4.64. The van der Waals surface area contributed by atoms with Crippen LogP contribution in [0.4, 0.5) is 0 Å². The van der Waals surface area contributed by atoms with Gasteiger partial charge in [-0.2, -0.15) is 0 Å². The van der Waals surface area contributed by atoms with Crippen molar-refractivity contribution in [2.24, 2.45) is 7.05 Å². The van der Waals surface area contributed by atoms with Gasteiger partial charge < -0.3 is 9.64 Å². The highest BCUT2D eigenvalue weighted by Crippen LogP contribution is 2.20. The summed E-state index contributed by atoms with van der Waals surface area (Å²) >= 11 is 0. The first-order valence-electron chi connectivity index (χ1n) is 9.97. The topological polar surface area (TPSA) is 120 Å². The number of H-pyrrole nitrogens is 1. The molecule has 10 nitrogen and oxygen atoms in total. The molecule has 160 valence electrons. The van der Waals surface area contributed by atoms with Crippen LogP contribution in [0.3, 0.4) is 0 Å². The van der Waals surface area contributed by atoms with E-state index in [0.29, 0.717) is 12.4 Å². The molecular formula is C19H30N5O5+. The number of esters is 1. The van der Waals surface area contributed by atoms with Gasteiger partial charge in [0.15, 0.2) is 28.8 Å². The largest absolute Gasteiger partial charge is 0.464 e.